The lowest BCUT2D eigenvalue weighted by Crippen LogP contribution is -2.12. The maximum Gasteiger partial charge on any atom is 0.0297 e. The van der Waals surface area contributed by atoms with Crippen LogP contribution in [0.15, 0.2) is 12.1 Å². The van der Waals surface area contributed by atoms with E-state index in [9.17, 15) is 0 Å². The van der Waals surface area contributed by atoms with Crippen molar-refractivity contribution in [1.29, 1.82) is 0 Å². The van der Waals surface area contributed by atoms with Crippen molar-refractivity contribution in [2.24, 2.45) is 5.73 Å². The summed E-state index contributed by atoms with van der Waals surface area (Å²) in [5, 5.41) is 0. The van der Waals surface area contributed by atoms with E-state index in [1.165, 1.54) is 22.3 Å². The summed E-state index contributed by atoms with van der Waals surface area (Å²) in [5.74, 6) is 0. The van der Waals surface area contributed by atoms with Gasteiger partial charge in [0.2, 0.25) is 0 Å². The van der Waals surface area contributed by atoms with Gasteiger partial charge in [0.15, 0.2) is 0 Å². The fourth-order valence-corrected chi connectivity index (χ4v) is 1.98. The molecule has 0 saturated carbocycles. The molecule has 80 valence electrons. The molecule has 0 bridgehead atoms. The normalized spacial score (nSPS) is 12.1. The molecule has 0 radical (unpaired) electrons. The Morgan fingerprint density at radius 1 is 1.14 bits per heavy atom. The van der Waals surface area contributed by atoms with Crippen LogP contribution in [-0.4, -0.2) is 0 Å². The molecule has 1 atom stereocenters. The van der Waals surface area contributed by atoms with E-state index in [-0.39, 0.29) is 18.4 Å². The minimum Gasteiger partial charge on any atom is -0.324 e. The van der Waals surface area contributed by atoms with E-state index in [4.69, 9.17) is 5.73 Å². The zero-order valence-electron chi connectivity index (χ0n) is 9.42. The molecular weight excluding hydrogens is 194 g/mol. The minimum absolute atomic E-state index is 0. The van der Waals surface area contributed by atoms with Crippen molar-refractivity contribution in [3.63, 3.8) is 0 Å². The first-order valence-electron chi connectivity index (χ1n) is 4.89. The van der Waals surface area contributed by atoms with Gasteiger partial charge in [-0.1, -0.05) is 24.6 Å². The molecule has 0 amide bonds. The number of aryl methyl sites for hydroxylation is 3. The number of hydrogen-bond donors (Lipinski definition) is 1. The van der Waals surface area contributed by atoms with Crippen LogP contribution in [-0.2, 0) is 0 Å². The Bertz CT molecular complexity index is 284. The second-order valence-corrected chi connectivity index (χ2v) is 3.83. The molecule has 0 aliphatic rings. The number of halogens is 1. The topological polar surface area (TPSA) is 26.0 Å². The quantitative estimate of drug-likeness (QED) is 0.800. The number of hydrogen-bond acceptors (Lipinski definition) is 1. The van der Waals surface area contributed by atoms with E-state index < -0.39 is 0 Å². The second kappa shape index (κ2) is 5.38. The fraction of sp³-hybridized carbons (Fsp3) is 0.500. The van der Waals surface area contributed by atoms with Crippen LogP contribution < -0.4 is 5.73 Å². The standard InChI is InChI=1S/C12H19N.ClH/c1-5-11(13)12-9(3)6-8(2)7-10(12)4;/h6-7,11H,5,13H2,1-4H3;1H/t11-;/m0./s1. The first kappa shape index (κ1) is 13.5. The number of rotatable bonds is 2. The molecule has 0 aliphatic heterocycles. The zero-order valence-corrected chi connectivity index (χ0v) is 10.2. The summed E-state index contributed by atoms with van der Waals surface area (Å²) in [4.78, 5) is 0. The predicted octanol–water partition coefficient (Wildman–Crippen LogP) is 3.44. The lowest BCUT2D eigenvalue weighted by molar-refractivity contribution is 0.688. The molecule has 1 aromatic rings. The lowest BCUT2D eigenvalue weighted by Gasteiger charge is -2.16. The summed E-state index contributed by atoms with van der Waals surface area (Å²) in [6, 6.07) is 4.61. The van der Waals surface area contributed by atoms with Gasteiger partial charge in [0.05, 0.1) is 0 Å². The van der Waals surface area contributed by atoms with Gasteiger partial charge < -0.3 is 5.73 Å². The first-order chi connectivity index (χ1) is 6.06. The van der Waals surface area contributed by atoms with Crippen LogP contribution in [0.3, 0.4) is 0 Å². The van der Waals surface area contributed by atoms with E-state index in [1.54, 1.807) is 0 Å². The van der Waals surface area contributed by atoms with Crippen molar-refractivity contribution in [3.05, 3.63) is 34.4 Å². The summed E-state index contributed by atoms with van der Waals surface area (Å²) < 4.78 is 0. The third-order valence-electron chi connectivity index (χ3n) is 2.55. The second-order valence-electron chi connectivity index (χ2n) is 3.83. The molecule has 0 unspecified atom stereocenters. The Balaban J connectivity index is 0.00000169. The van der Waals surface area contributed by atoms with Crippen molar-refractivity contribution in [2.45, 2.75) is 40.2 Å². The van der Waals surface area contributed by atoms with Crippen LogP contribution in [0.1, 0.15) is 41.6 Å². The van der Waals surface area contributed by atoms with E-state index in [2.05, 4.69) is 39.8 Å². The molecule has 2 N–H and O–H groups in total. The van der Waals surface area contributed by atoms with Crippen LogP contribution >= 0.6 is 12.4 Å². The monoisotopic (exact) mass is 213 g/mol. The van der Waals surface area contributed by atoms with E-state index >= 15 is 0 Å². The summed E-state index contributed by atoms with van der Waals surface area (Å²) in [6.45, 7) is 8.54. The predicted molar refractivity (Wildman–Crippen MR) is 65.1 cm³/mol. The van der Waals surface area contributed by atoms with Crippen molar-refractivity contribution in [2.75, 3.05) is 0 Å². The third-order valence-corrected chi connectivity index (χ3v) is 2.55. The number of benzene rings is 1. The van der Waals surface area contributed by atoms with Gasteiger partial charge in [0.1, 0.15) is 0 Å². The van der Waals surface area contributed by atoms with Crippen LogP contribution in [0.5, 0.6) is 0 Å². The highest BCUT2D eigenvalue weighted by atomic mass is 35.5. The fourth-order valence-electron chi connectivity index (χ4n) is 1.98. The first-order valence-corrected chi connectivity index (χ1v) is 4.89. The van der Waals surface area contributed by atoms with Crippen molar-refractivity contribution in [3.8, 4) is 0 Å². The molecule has 1 nitrogen and oxygen atoms in total. The van der Waals surface area contributed by atoms with Gasteiger partial charge in [-0.2, -0.15) is 0 Å². The van der Waals surface area contributed by atoms with Crippen LogP contribution in [0.2, 0.25) is 0 Å². The highest BCUT2D eigenvalue weighted by molar-refractivity contribution is 5.85. The van der Waals surface area contributed by atoms with Crippen molar-refractivity contribution in [1.82, 2.24) is 0 Å². The van der Waals surface area contributed by atoms with Gasteiger partial charge in [-0.15, -0.1) is 12.4 Å². The largest absolute Gasteiger partial charge is 0.324 e. The van der Waals surface area contributed by atoms with Gasteiger partial charge in [-0.05, 0) is 43.9 Å². The molecule has 1 aromatic carbocycles. The molecular formula is C12H20ClN. The smallest absolute Gasteiger partial charge is 0.0297 e. The molecule has 14 heavy (non-hydrogen) atoms. The molecule has 2 heteroatoms. The molecule has 0 saturated heterocycles. The molecule has 1 rings (SSSR count). The number of nitrogens with two attached hydrogens (primary N) is 1. The Morgan fingerprint density at radius 3 is 1.93 bits per heavy atom. The van der Waals surface area contributed by atoms with E-state index in [1.807, 2.05) is 0 Å². The zero-order chi connectivity index (χ0) is 10.0. The van der Waals surface area contributed by atoms with Gasteiger partial charge in [0, 0.05) is 6.04 Å². The molecule has 0 aromatic heterocycles. The van der Waals surface area contributed by atoms with Crippen molar-refractivity contribution >= 4 is 12.4 Å². The molecule has 0 aliphatic carbocycles. The van der Waals surface area contributed by atoms with Crippen LogP contribution in [0.4, 0.5) is 0 Å². The maximum atomic E-state index is 6.05. The molecule has 0 spiro atoms. The van der Waals surface area contributed by atoms with Gasteiger partial charge >= 0.3 is 0 Å². The Morgan fingerprint density at radius 2 is 1.57 bits per heavy atom. The van der Waals surface area contributed by atoms with Crippen LogP contribution in [0.25, 0.3) is 0 Å². The summed E-state index contributed by atoms with van der Waals surface area (Å²) in [5.41, 5.74) is 11.3. The van der Waals surface area contributed by atoms with Gasteiger partial charge in [0.25, 0.3) is 0 Å². The summed E-state index contributed by atoms with van der Waals surface area (Å²) in [7, 11) is 0. The minimum atomic E-state index is 0. The average Bonchev–Trinajstić information content (AvgIpc) is 2.02. The Kier molecular flexibility index (Phi) is 5.17. The molecule has 0 fully saturated rings. The third kappa shape index (κ3) is 2.73. The summed E-state index contributed by atoms with van der Waals surface area (Å²) in [6.07, 6.45) is 1.00. The maximum absolute atomic E-state index is 6.05. The summed E-state index contributed by atoms with van der Waals surface area (Å²) >= 11 is 0. The Hall–Kier alpha value is -0.530. The van der Waals surface area contributed by atoms with E-state index in [0.717, 1.165) is 6.42 Å². The highest BCUT2D eigenvalue weighted by Crippen LogP contribution is 2.23. The van der Waals surface area contributed by atoms with Crippen LogP contribution in [0, 0.1) is 20.8 Å². The van der Waals surface area contributed by atoms with Gasteiger partial charge in [-0.3, -0.25) is 0 Å². The lowest BCUT2D eigenvalue weighted by atomic mass is 9.93. The van der Waals surface area contributed by atoms with Crippen molar-refractivity contribution < 1.29 is 0 Å². The average molecular weight is 214 g/mol. The van der Waals surface area contributed by atoms with Gasteiger partial charge in [-0.25, -0.2) is 0 Å². The van der Waals surface area contributed by atoms with E-state index in [0.29, 0.717) is 0 Å². The molecule has 0 heterocycles. The SMILES string of the molecule is CC[C@H](N)c1c(C)cc(C)cc1C.Cl. The highest BCUT2D eigenvalue weighted by Gasteiger charge is 2.09. The Labute approximate surface area is 93.1 Å².